The van der Waals surface area contributed by atoms with Crippen molar-refractivity contribution in [3.8, 4) is 0 Å². The van der Waals surface area contributed by atoms with E-state index in [0.29, 0.717) is 5.92 Å². The maximum absolute atomic E-state index is 6.29. The predicted octanol–water partition coefficient (Wildman–Crippen LogP) is 4.27. The zero-order chi connectivity index (χ0) is 14.8. The first-order chi connectivity index (χ1) is 10.2. The van der Waals surface area contributed by atoms with Crippen LogP contribution in [-0.4, -0.2) is 0 Å². The molecule has 3 rings (SSSR count). The van der Waals surface area contributed by atoms with Gasteiger partial charge in [-0.25, -0.2) is 0 Å². The molecule has 21 heavy (non-hydrogen) atoms. The Bertz CT molecular complexity index is 639. The average molecular weight is 301 g/mol. The molecule has 1 aliphatic carbocycles. The highest BCUT2D eigenvalue weighted by molar-refractivity contribution is 6.31. The van der Waals surface area contributed by atoms with Crippen LogP contribution in [0.25, 0.3) is 0 Å². The lowest BCUT2D eigenvalue weighted by molar-refractivity contribution is 0.408. The first kappa shape index (κ1) is 14.6. The van der Waals surface area contributed by atoms with Crippen molar-refractivity contribution in [1.82, 2.24) is 5.43 Å². The van der Waals surface area contributed by atoms with Gasteiger partial charge in [0.05, 0.1) is 6.04 Å². The number of hydrogen-bond donors (Lipinski definition) is 2. The minimum atomic E-state index is 0.101. The normalized spacial score (nSPS) is 19.1. The number of hydrogen-bond acceptors (Lipinski definition) is 2. The first-order valence-corrected chi connectivity index (χ1v) is 7.88. The summed E-state index contributed by atoms with van der Waals surface area (Å²) in [5.74, 6) is 6.29. The van der Waals surface area contributed by atoms with Crippen LogP contribution in [0.15, 0.2) is 42.5 Å². The topological polar surface area (TPSA) is 38.0 Å². The number of aryl methyl sites for hydroxylation is 2. The molecule has 3 N–H and O–H groups in total. The van der Waals surface area contributed by atoms with Crippen molar-refractivity contribution in [1.29, 1.82) is 0 Å². The molecule has 0 bridgehead atoms. The molecule has 1 aliphatic rings. The Morgan fingerprint density at radius 3 is 2.81 bits per heavy atom. The lowest BCUT2D eigenvalue weighted by Crippen LogP contribution is -2.34. The molecule has 2 unspecified atom stereocenters. The minimum Gasteiger partial charge on any atom is -0.271 e. The third-order valence-corrected chi connectivity index (χ3v) is 4.96. The quantitative estimate of drug-likeness (QED) is 0.656. The molecule has 3 heteroatoms. The molecule has 2 aromatic carbocycles. The molecular formula is C18H21ClN2. The van der Waals surface area contributed by atoms with Gasteiger partial charge in [-0.05, 0) is 54.5 Å². The molecule has 0 aromatic heterocycles. The second-order valence-electron chi connectivity index (χ2n) is 5.85. The smallest absolute Gasteiger partial charge is 0.0529 e. The van der Waals surface area contributed by atoms with E-state index in [1.807, 2.05) is 13.0 Å². The van der Waals surface area contributed by atoms with Crippen molar-refractivity contribution in [2.75, 3.05) is 0 Å². The van der Waals surface area contributed by atoms with E-state index in [2.05, 4.69) is 41.8 Å². The summed E-state index contributed by atoms with van der Waals surface area (Å²) in [6.07, 6.45) is 3.52. The van der Waals surface area contributed by atoms with Crippen LogP contribution in [0, 0.1) is 6.92 Å². The average Bonchev–Trinajstić information content (AvgIpc) is 2.52. The molecule has 0 saturated carbocycles. The summed E-state index contributed by atoms with van der Waals surface area (Å²) < 4.78 is 0. The molecule has 0 fully saturated rings. The standard InChI is InChI=1S/C18H21ClN2/c1-12-9-10-14(11-17(12)19)18(21-20)16-8-4-6-13-5-2-3-7-15(13)16/h2-3,5,7,9-11,16,18,21H,4,6,8,20H2,1H3. The summed E-state index contributed by atoms with van der Waals surface area (Å²) in [6, 6.07) is 15.0. The molecule has 110 valence electrons. The number of rotatable bonds is 3. The molecule has 2 nitrogen and oxygen atoms in total. The van der Waals surface area contributed by atoms with E-state index in [0.717, 1.165) is 22.6 Å². The van der Waals surface area contributed by atoms with Gasteiger partial charge in [-0.2, -0.15) is 0 Å². The first-order valence-electron chi connectivity index (χ1n) is 7.50. The molecule has 0 radical (unpaired) electrons. The lowest BCUT2D eigenvalue weighted by atomic mass is 9.77. The highest BCUT2D eigenvalue weighted by atomic mass is 35.5. The van der Waals surface area contributed by atoms with E-state index in [1.165, 1.54) is 24.0 Å². The number of halogens is 1. The number of nitrogens with two attached hydrogens (primary N) is 1. The predicted molar refractivity (Wildman–Crippen MR) is 88.4 cm³/mol. The maximum Gasteiger partial charge on any atom is 0.0529 e. The van der Waals surface area contributed by atoms with Crippen molar-refractivity contribution < 1.29 is 0 Å². The monoisotopic (exact) mass is 300 g/mol. The van der Waals surface area contributed by atoms with Crippen LogP contribution >= 0.6 is 11.6 Å². The van der Waals surface area contributed by atoms with Crippen molar-refractivity contribution in [3.63, 3.8) is 0 Å². The van der Waals surface area contributed by atoms with Gasteiger partial charge in [0, 0.05) is 10.9 Å². The number of nitrogens with one attached hydrogen (secondary N) is 1. The van der Waals surface area contributed by atoms with E-state index >= 15 is 0 Å². The van der Waals surface area contributed by atoms with Gasteiger partial charge in [-0.3, -0.25) is 11.3 Å². The summed E-state index contributed by atoms with van der Waals surface area (Å²) in [4.78, 5) is 0. The Morgan fingerprint density at radius 2 is 2.05 bits per heavy atom. The van der Waals surface area contributed by atoms with E-state index in [4.69, 9.17) is 17.4 Å². The molecule has 0 saturated heterocycles. The van der Waals surface area contributed by atoms with Crippen LogP contribution in [0.4, 0.5) is 0 Å². The van der Waals surface area contributed by atoms with Crippen LogP contribution in [0.1, 0.15) is 47.1 Å². The van der Waals surface area contributed by atoms with E-state index < -0.39 is 0 Å². The van der Waals surface area contributed by atoms with Crippen molar-refractivity contribution in [2.24, 2.45) is 5.84 Å². The zero-order valence-electron chi connectivity index (χ0n) is 12.3. The second-order valence-corrected chi connectivity index (χ2v) is 6.26. The van der Waals surface area contributed by atoms with Gasteiger partial charge >= 0.3 is 0 Å². The molecule has 0 spiro atoms. The van der Waals surface area contributed by atoms with E-state index in [9.17, 15) is 0 Å². The van der Waals surface area contributed by atoms with Gasteiger partial charge < -0.3 is 0 Å². The molecule has 0 heterocycles. The Kier molecular flexibility index (Phi) is 4.29. The van der Waals surface area contributed by atoms with Gasteiger partial charge in [-0.1, -0.05) is 48.0 Å². The van der Waals surface area contributed by atoms with Crippen LogP contribution < -0.4 is 11.3 Å². The third-order valence-electron chi connectivity index (χ3n) is 4.55. The van der Waals surface area contributed by atoms with Gasteiger partial charge in [0.2, 0.25) is 0 Å². The van der Waals surface area contributed by atoms with Gasteiger partial charge in [0.25, 0.3) is 0 Å². The minimum absolute atomic E-state index is 0.101. The van der Waals surface area contributed by atoms with E-state index in [1.54, 1.807) is 0 Å². The molecule has 2 aromatic rings. The van der Waals surface area contributed by atoms with E-state index in [-0.39, 0.29) is 6.04 Å². The molecule has 2 atom stereocenters. The van der Waals surface area contributed by atoms with Gasteiger partial charge in [-0.15, -0.1) is 0 Å². The highest BCUT2D eigenvalue weighted by Crippen LogP contribution is 2.40. The van der Waals surface area contributed by atoms with Crippen LogP contribution in [0.3, 0.4) is 0 Å². The largest absolute Gasteiger partial charge is 0.271 e. The SMILES string of the molecule is Cc1ccc(C(NN)C2CCCc3ccccc32)cc1Cl. The van der Waals surface area contributed by atoms with Crippen LogP contribution in [0.2, 0.25) is 5.02 Å². The number of hydrazine groups is 1. The fourth-order valence-corrected chi connectivity index (χ4v) is 3.57. The van der Waals surface area contributed by atoms with Gasteiger partial charge in [0.1, 0.15) is 0 Å². The third kappa shape index (κ3) is 2.84. The van der Waals surface area contributed by atoms with Gasteiger partial charge in [0.15, 0.2) is 0 Å². The summed E-state index contributed by atoms with van der Waals surface area (Å²) in [6.45, 7) is 2.02. The summed E-state index contributed by atoms with van der Waals surface area (Å²) in [5, 5.41) is 0.803. The Hall–Kier alpha value is -1.35. The molecule has 0 aliphatic heterocycles. The van der Waals surface area contributed by atoms with Crippen LogP contribution in [0.5, 0.6) is 0 Å². The summed E-state index contributed by atoms with van der Waals surface area (Å²) in [5.41, 5.74) is 8.15. The number of benzene rings is 2. The maximum atomic E-state index is 6.29. The van der Waals surface area contributed by atoms with Crippen molar-refractivity contribution >= 4 is 11.6 Å². The molecule has 0 amide bonds. The van der Waals surface area contributed by atoms with Crippen LogP contribution in [-0.2, 0) is 6.42 Å². The fourth-order valence-electron chi connectivity index (χ4n) is 3.38. The molecular weight excluding hydrogens is 280 g/mol. The Morgan fingerprint density at radius 1 is 1.24 bits per heavy atom. The fraction of sp³-hybridized carbons (Fsp3) is 0.333. The summed E-state index contributed by atoms with van der Waals surface area (Å²) >= 11 is 6.29. The zero-order valence-corrected chi connectivity index (χ0v) is 13.0. The highest BCUT2D eigenvalue weighted by Gasteiger charge is 2.28. The van der Waals surface area contributed by atoms with Crippen molar-refractivity contribution in [3.05, 3.63) is 69.7 Å². The van der Waals surface area contributed by atoms with Crippen molar-refractivity contribution in [2.45, 2.75) is 38.1 Å². The summed E-state index contributed by atoms with van der Waals surface area (Å²) in [7, 11) is 0. The number of fused-ring (bicyclic) bond motifs is 1. The second kappa shape index (κ2) is 6.18. The Balaban J connectivity index is 1.99. The Labute approximate surface area is 131 Å². The lowest BCUT2D eigenvalue weighted by Gasteiger charge is -2.32.